The monoisotopic (exact) mass is 389 g/mol. The molecule has 2 aromatic carbocycles. The van der Waals surface area contributed by atoms with Gasteiger partial charge < -0.3 is 14.0 Å². The van der Waals surface area contributed by atoms with E-state index < -0.39 is 11.6 Å². The Hall–Kier alpha value is -2.61. The average molecular weight is 389 g/mol. The second-order valence-electron chi connectivity index (χ2n) is 6.20. The van der Waals surface area contributed by atoms with Crippen molar-refractivity contribution in [3.05, 3.63) is 65.5 Å². The van der Waals surface area contributed by atoms with Crippen molar-refractivity contribution in [2.75, 3.05) is 6.61 Å². The van der Waals surface area contributed by atoms with Gasteiger partial charge in [-0.25, -0.2) is 8.78 Å². The van der Waals surface area contributed by atoms with Crippen LogP contribution in [-0.2, 0) is 7.05 Å². The quantitative estimate of drug-likeness (QED) is 0.617. The first-order chi connectivity index (χ1) is 13.0. The normalized spacial score (nSPS) is 17.0. The molecule has 4 rings (SSSR count). The van der Waals surface area contributed by atoms with Gasteiger partial charge in [0.1, 0.15) is 6.61 Å². The van der Waals surface area contributed by atoms with Crippen molar-refractivity contribution >= 4 is 11.8 Å². The van der Waals surface area contributed by atoms with Crippen molar-refractivity contribution in [2.24, 2.45) is 7.05 Å². The fourth-order valence-corrected chi connectivity index (χ4v) is 3.79. The van der Waals surface area contributed by atoms with Crippen LogP contribution < -0.4 is 9.47 Å². The van der Waals surface area contributed by atoms with Gasteiger partial charge in [-0.2, -0.15) is 0 Å². The van der Waals surface area contributed by atoms with Crippen molar-refractivity contribution in [2.45, 2.75) is 23.4 Å². The van der Waals surface area contributed by atoms with Crippen LogP contribution in [0.15, 0.2) is 47.6 Å². The van der Waals surface area contributed by atoms with E-state index in [9.17, 15) is 8.78 Å². The predicted molar refractivity (Wildman–Crippen MR) is 96.9 cm³/mol. The van der Waals surface area contributed by atoms with Gasteiger partial charge in [-0.05, 0) is 36.8 Å². The van der Waals surface area contributed by atoms with Gasteiger partial charge in [0, 0.05) is 12.3 Å². The molecule has 140 valence electrons. The number of aromatic nitrogens is 3. The second-order valence-corrected chi connectivity index (χ2v) is 7.51. The lowest BCUT2D eigenvalue weighted by Gasteiger charge is -2.25. The van der Waals surface area contributed by atoms with Crippen LogP contribution in [0.1, 0.15) is 29.7 Å². The smallest absolute Gasteiger partial charge is 0.192 e. The molecule has 0 spiro atoms. The Kier molecular flexibility index (Phi) is 4.73. The summed E-state index contributed by atoms with van der Waals surface area (Å²) in [6.07, 6.45) is -0.370. The van der Waals surface area contributed by atoms with Crippen LogP contribution in [-0.4, -0.2) is 21.4 Å². The molecule has 0 saturated carbocycles. The zero-order valence-electron chi connectivity index (χ0n) is 14.7. The Morgan fingerprint density at radius 1 is 1.11 bits per heavy atom. The Morgan fingerprint density at radius 3 is 2.67 bits per heavy atom. The molecule has 0 aliphatic carbocycles. The third-order valence-electron chi connectivity index (χ3n) is 4.36. The SMILES string of the molecule is CC(Sc1nnc(C2COc3ccccc3O2)n1C)c1ccc(F)c(F)c1. The minimum Gasteiger partial charge on any atom is -0.485 e. The zero-order chi connectivity index (χ0) is 19.0. The molecule has 0 N–H and O–H groups in total. The summed E-state index contributed by atoms with van der Waals surface area (Å²) >= 11 is 1.41. The van der Waals surface area contributed by atoms with E-state index in [4.69, 9.17) is 9.47 Å². The van der Waals surface area contributed by atoms with E-state index in [0.29, 0.717) is 34.7 Å². The Bertz CT molecular complexity index is 979. The molecule has 2 unspecified atom stereocenters. The van der Waals surface area contributed by atoms with Crippen LogP contribution in [0.25, 0.3) is 0 Å². The van der Waals surface area contributed by atoms with Gasteiger partial charge in [0.25, 0.3) is 0 Å². The third-order valence-corrected chi connectivity index (χ3v) is 5.55. The Labute approximate surface area is 159 Å². The maximum Gasteiger partial charge on any atom is 0.192 e. The number of halogens is 2. The minimum atomic E-state index is -0.856. The van der Waals surface area contributed by atoms with E-state index in [2.05, 4.69) is 10.2 Å². The molecule has 0 fully saturated rings. The van der Waals surface area contributed by atoms with Gasteiger partial charge in [-0.3, -0.25) is 0 Å². The van der Waals surface area contributed by atoms with Crippen molar-refractivity contribution in [3.8, 4) is 11.5 Å². The zero-order valence-corrected chi connectivity index (χ0v) is 15.5. The van der Waals surface area contributed by atoms with Crippen LogP contribution in [0.2, 0.25) is 0 Å². The Balaban J connectivity index is 1.51. The number of para-hydroxylation sites is 2. The van der Waals surface area contributed by atoms with Gasteiger partial charge in [0.05, 0.1) is 0 Å². The molecule has 0 bridgehead atoms. The molecule has 8 heteroatoms. The molecular weight excluding hydrogens is 372 g/mol. The van der Waals surface area contributed by atoms with E-state index in [-0.39, 0.29) is 11.4 Å². The molecule has 1 aromatic heterocycles. The highest BCUT2D eigenvalue weighted by molar-refractivity contribution is 7.99. The molecule has 0 saturated heterocycles. The van der Waals surface area contributed by atoms with Crippen molar-refractivity contribution < 1.29 is 18.3 Å². The van der Waals surface area contributed by atoms with Crippen molar-refractivity contribution in [1.82, 2.24) is 14.8 Å². The number of thioether (sulfide) groups is 1. The predicted octanol–water partition coefficient (Wildman–Crippen LogP) is 4.46. The summed E-state index contributed by atoms with van der Waals surface area (Å²) in [4.78, 5) is 0. The van der Waals surface area contributed by atoms with E-state index in [1.165, 1.54) is 17.8 Å². The first-order valence-corrected chi connectivity index (χ1v) is 9.30. The molecule has 5 nitrogen and oxygen atoms in total. The lowest BCUT2D eigenvalue weighted by atomic mass is 10.1. The number of hydrogen-bond acceptors (Lipinski definition) is 5. The van der Waals surface area contributed by atoms with Gasteiger partial charge in [0.2, 0.25) is 0 Å². The number of hydrogen-bond donors (Lipinski definition) is 0. The molecule has 2 atom stereocenters. The topological polar surface area (TPSA) is 49.2 Å². The number of nitrogens with zero attached hydrogens (tertiary/aromatic N) is 3. The molecule has 0 amide bonds. The van der Waals surface area contributed by atoms with E-state index in [0.717, 1.165) is 6.07 Å². The lowest BCUT2D eigenvalue weighted by Crippen LogP contribution is -2.24. The minimum absolute atomic E-state index is 0.125. The number of ether oxygens (including phenoxy) is 2. The highest BCUT2D eigenvalue weighted by atomic mass is 32.2. The highest BCUT2D eigenvalue weighted by Crippen LogP contribution is 2.38. The van der Waals surface area contributed by atoms with Crippen LogP contribution >= 0.6 is 11.8 Å². The summed E-state index contributed by atoms with van der Waals surface area (Å²) in [5.74, 6) is 0.305. The maximum atomic E-state index is 13.5. The summed E-state index contributed by atoms with van der Waals surface area (Å²) in [7, 11) is 1.85. The van der Waals surface area contributed by atoms with Crippen LogP contribution in [0.4, 0.5) is 8.78 Å². The summed E-state index contributed by atoms with van der Waals surface area (Å²) in [5.41, 5.74) is 0.676. The fourth-order valence-electron chi connectivity index (χ4n) is 2.85. The van der Waals surface area contributed by atoms with Crippen molar-refractivity contribution in [1.29, 1.82) is 0 Å². The van der Waals surface area contributed by atoms with E-state index in [1.54, 1.807) is 6.07 Å². The second kappa shape index (κ2) is 7.19. The molecule has 3 aromatic rings. The summed E-state index contributed by atoms with van der Waals surface area (Å²) in [5, 5.41) is 9.00. The van der Waals surface area contributed by atoms with Gasteiger partial charge in [0.15, 0.2) is 40.2 Å². The summed E-state index contributed by atoms with van der Waals surface area (Å²) < 4.78 is 40.2. The third kappa shape index (κ3) is 3.49. The van der Waals surface area contributed by atoms with E-state index >= 15 is 0 Å². The van der Waals surface area contributed by atoms with Crippen molar-refractivity contribution in [3.63, 3.8) is 0 Å². The summed E-state index contributed by atoms with van der Waals surface area (Å²) in [6, 6.07) is 11.4. The van der Waals surface area contributed by atoms with Gasteiger partial charge in [-0.1, -0.05) is 30.0 Å². The molecule has 1 aliphatic heterocycles. The standard InChI is InChI=1S/C19H17F2N3O2S/c1-11(12-7-8-13(20)14(21)9-12)27-19-23-22-18(24(19)2)17-10-25-15-5-3-4-6-16(15)26-17/h3-9,11,17H,10H2,1-2H3. The number of rotatable bonds is 4. The fraction of sp³-hybridized carbons (Fsp3) is 0.263. The molecule has 27 heavy (non-hydrogen) atoms. The average Bonchev–Trinajstić information content (AvgIpc) is 3.04. The largest absolute Gasteiger partial charge is 0.485 e. The molecule has 0 radical (unpaired) electrons. The maximum absolute atomic E-state index is 13.5. The van der Waals surface area contributed by atoms with Crippen LogP contribution in [0, 0.1) is 11.6 Å². The number of benzene rings is 2. The van der Waals surface area contributed by atoms with E-state index in [1.807, 2.05) is 42.8 Å². The highest BCUT2D eigenvalue weighted by Gasteiger charge is 2.28. The molecular formula is C19H17F2N3O2S. The lowest BCUT2D eigenvalue weighted by molar-refractivity contribution is 0.0825. The van der Waals surface area contributed by atoms with Crippen LogP contribution in [0.3, 0.4) is 0 Å². The first kappa shape index (κ1) is 17.8. The molecule has 2 heterocycles. The van der Waals surface area contributed by atoms with Gasteiger partial charge in [-0.15, -0.1) is 10.2 Å². The van der Waals surface area contributed by atoms with Crippen LogP contribution in [0.5, 0.6) is 11.5 Å². The molecule has 1 aliphatic rings. The number of fused-ring (bicyclic) bond motifs is 1. The summed E-state index contributed by atoms with van der Waals surface area (Å²) in [6.45, 7) is 2.24. The first-order valence-electron chi connectivity index (χ1n) is 8.42. The van der Waals surface area contributed by atoms with Gasteiger partial charge >= 0.3 is 0 Å². The Morgan fingerprint density at radius 2 is 1.89 bits per heavy atom.